The molecule has 2 aromatic heterocycles. The van der Waals surface area contributed by atoms with Crippen LogP contribution < -0.4 is 5.32 Å². The number of aryl methyl sites for hydroxylation is 3. The van der Waals surface area contributed by atoms with Crippen LogP contribution in [0.5, 0.6) is 0 Å². The van der Waals surface area contributed by atoms with E-state index in [1.54, 1.807) is 0 Å². The highest BCUT2D eigenvalue weighted by Gasteiger charge is 2.23. The Balaban J connectivity index is 1.80. The van der Waals surface area contributed by atoms with Crippen LogP contribution in [0.4, 0.5) is 0 Å². The van der Waals surface area contributed by atoms with E-state index in [-0.39, 0.29) is 17.5 Å². The van der Waals surface area contributed by atoms with Crippen LogP contribution in [0.15, 0.2) is 30.3 Å². The van der Waals surface area contributed by atoms with Crippen molar-refractivity contribution in [1.29, 1.82) is 0 Å². The van der Waals surface area contributed by atoms with Crippen LogP contribution in [0.1, 0.15) is 68.2 Å². The molecule has 3 rings (SSSR count). The number of hydrogen-bond donors (Lipinski definition) is 1. The Hall–Kier alpha value is -2.69. The predicted molar refractivity (Wildman–Crippen MR) is 118 cm³/mol. The van der Waals surface area contributed by atoms with Gasteiger partial charge in [-0.15, -0.1) is 0 Å². The first-order valence-corrected chi connectivity index (χ1v) is 10.3. The van der Waals surface area contributed by atoms with Crippen LogP contribution in [0.25, 0.3) is 11.0 Å². The minimum atomic E-state index is -0.132. The second-order valence-electron chi connectivity index (χ2n) is 8.87. The molecule has 2 heterocycles. The molecule has 29 heavy (non-hydrogen) atoms. The number of amides is 1. The van der Waals surface area contributed by atoms with Gasteiger partial charge in [0.15, 0.2) is 5.65 Å². The highest BCUT2D eigenvalue weighted by atomic mass is 16.1. The lowest BCUT2D eigenvalue weighted by Gasteiger charge is -2.20. The largest absolute Gasteiger partial charge is 0.350 e. The fraction of sp³-hybridized carbons (Fsp3) is 0.458. The van der Waals surface area contributed by atoms with Gasteiger partial charge in [-0.1, -0.05) is 30.3 Å². The van der Waals surface area contributed by atoms with Gasteiger partial charge in [0.1, 0.15) is 0 Å². The van der Waals surface area contributed by atoms with Crippen molar-refractivity contribution in [2.45, 2.75) is 72.9 Å². The zero-order chi connectivity index (χ0) is 21.3. The summed E-state index contributed by atoms with van der Waals surface area (Å²) in [6, 6.07) is 10.0. The Bertz CT molecular complexity index is 1030. The molecular formula is C24H32N4O. The van der Waals surface area contributed by atoms with Crippen LogP contribution in [-0.2, 0) is 16.8 Å². The molecule has 1 aromatic carbocycles. The number of carbonyl (C=O) groups is 1. The van der Waals surface area contributed by atoms with Gasteiger partial charge in [-0.05, 0) is 71.6 Å². The number of hydrogen-bond acceptors (Lipinski definition) is 3. The van der Waals surface area contributed by atoms with E-state index in [2.05, 4.69) is 33.0 Å². The molecule has 0 saturated heterocycles. The van der Waals surface area contributed by atoms with Gasteiger partial charge in [0.25, 0.3) is 0 Å². The average molecular weight is 393 g/mol. The van der Waals surface area contributed by atoms with E-state index in [1.165, 1.54) is 5.56 Å². The summed E-state index contributed by atoms with van der Waals surface area (Å²) in [7, 11) is 0. The van der Waals surface area contributed by atoms with Crippen molar-refractivity contribution in [2.24, 2.45) is 0 Å². The van der Waals surface area contributed by atoms with Crippen LogP contribution in [-0.4, -0.2) is 20.7 Å². The molecule has 0 aliphatic rings. The lowest BCUT2D eigenvalue weighted by molar-refractivity contribution is -0.121. The normalized spacial score (nSPS) is 12.9. The van der Waals surface area contributed by atoms with E-state index >= 15 is 0 Å². The van der Waals surface area contributed by atoms with E-state index in [9.17, 15) is 4.79 Å². The monoisotopic (exact) mass is 392 g/mol. The summed E-state index contributed by atoms with van der Waals surface area (Å²) in [4.78, 5) is 17.4. The number of rotatable bonds is 5. The number of nitrogens with one attached hydrogen (secondary N) is 1. The minimum absolute atomic E-state index is 0.00115. The molecule has 0 radical (unpaired) electrons. The first-order valence-electron chi connectivity index (χ1n) is 10.3. The Kier molecular flexibility index (Phi) is 5.78. The van der Waals surface area contributed by atoms with E-state index < -0.39 is 0 Å². The van der Waals surface area contributed by atoms with E-state index in [0.717, 1.165) is 33.5 Å². The third kappa shape index (κ3) is 4.34. The smallest absolute Gasteiger partial charge is 0.220 e. The molecule has 5 nitrogen and oxygen atoms in total. The van der Waals surface area contributed by atoms with Gasteiger partial charge in [-0.3, -0.25) is 4.79 Å². The van der Waals surface area contributed by atoms with E-state index in [4.69, 9.17) is 10.1 Å². The highest BCUT2D eigenvalue weighted by molar-refractivity contribution is 5.84. The molecule has 1 atom stereocenters. The highest BCUT2D eigenvalue weighted by Crippen LogP contribution is 2.29. The number of aromatic nitrogens is 3. The molecule has 0 aliphatic heterocycles. The third-order valence-corrected chi connectivity index (χ3v) is 5.49. The zero-order valence-electron chi connectivity index (χ0n) is 18.6. The molecular weight excluding hydrogens is 360 g/mol. The Labute approximate surface area is 173 Å². The van der Waals surface area contributed by atoms with Crippen molar-refractivity contribution < 1.29 is 4.79 Å². The van der Waals surface area contributed by atoms with Gasteiger partial charge in [-0.25, -0.2) is 9.67 Å². The molecule has 0 saturated carbocycles. The number of fused-ring (bicyclic) bond motifs is 1. The Morgan fingerprint density at radius 2 is 1.76 bits per heavy atom. The van der Waals surface area contributed by atoms with Gasteiger partial charge < -0.3 is 5.32 Å². The second kappa shape index (κ2) is 7.97. The lowest BCUT2D eigenvalue weighted by Crippen LogP contribution is -2.27. The SMILES string of the molecule is Cc1nc2c(c(C)nn2C(C)(C)C)c(C)c1CCC(=O)N[C@H](C)c1ccccc1. The minimum Gasteiger partial charge on any atom is -0.350 e. The number of pyridine rings is 1. The van der Waals surface area contributed by atoms with Gasteiger partial charge in [0, 0.05) is 17.5 Å². The lowest BCUT2D eigenvalue weighted by atomic mass is 9.98. The summed E-state index contributed by atoms with van der Waals surface area (Å²) < 4.78 is 2.01. The van der Waals surface area contributed by atoms with Crippen molar-refractivity contribution in [3.63, 3.8) is 0 Å². The van der Waals surface area contributed by atoms with Crippen molar-refractivity contribution in [3.8, 4) is 0 Å². The fourth-order valence-corrected chi connectivity index (χ4v) is 3.92. The first kappa shape index (κ1) is 21.0. The summed E-state index contributed by atoms with van der Waals surface area (Å²) in [5.41, 5.74) is 6.21. The van der Waals surface area contributed by atoms with Gasteiger partial charge in [0.2, 0.25) is 5.91 Å². The molecule has 0 fully saturated rings. The maximum absolute atomic E-state index is 12.5. The van der Waals surface area contributed by atoms with E-state index in [0.29, 0.717) is 12.8 Å². The predicted octanol–water partition coefficient (Wildman–Crippen LogP) is 4.92. The number of nitrogens with zero attached hydrogens (tertiary/aromatic N) is 3. The molecule has 0 spiro atoms. The summed E-state index contributed by atoms with van der Waals surface area (Å²) in [5.74, 6) is 0.0577. The molecule has 154 valence electrons. The molecule has 3 aromatic rings. The average Bonchev–Trinajstić information content (AvgIpc) is 2.99. The van der Waals surface area contributed by atoms with Gasteiger partial charge >= 0.3 is 0 Å². The molecule has 1 N–H and O–H groups in total. The fourth-order valence-electron chi connectivity index (χ4n) is 3.92. The topological polar surface area (TPSA) is 59.8 Å². The molecule has 0 bridgehead atoms. The summed E-state index contributed by atoms with van der Waals surface area (Å²) >= 11 is 0. The summed E-state index contributed by atoms with van der Waals surface area (Å²) in [6.07, 6.45) is 1.12. The van der Waals surface area contributed by atoms with Gasteiger partial charge in [0.05, 0.1) is 17.3 Å². The third-order valence-electron chi connectivity index (χ3n) is 5.49. The Morgan fingerprint density at radius 1 is 1.10 bits per heavy atom. The van der Waals surface area contributed by atoms with Crippen molar-refractivity contribution >= 4 is 16.9 Å². The maximum Gasteiger partial charge on any atom is 0.220 e. The molecule has 1 amide bonds. The molecule has 0 unspecified atom stereocenters. The standard InChI is InChI=1S/C24H32N4O/c1-15-20(13-14-21(29)25-16(2)19-11-9-8-10-12-19)17(3)26-23-22(15)18(4)27-28(23)24(5,6)7/h8-12,16H,13-14H2,1-7H3,(H,25,29)/t16-/m1/s1. The Morgan fingerprint density at radius 3 is 2.38 bits per heavy atom. The summed E-state index contributed by atoms with van der Waals surface area (Å²) in [6.45, 7) is 14.6. The molecule has 0 aliphatic carbocycles. The second-order valence-corrected chi connectivity index (χ2v) is 8.87. The van der Waals surface area contributed by atoms with Crippen molar-refractivity contribution in [3.05, 3.63) is 58.4 Å². The quantitative estimate of drug-likeness (QED) is 0.670. The van der Waals surface area contributed by atoms with E-state index in [1.807, 2.05) is 55.8 Å². The number of benzene rings is 1. The number of carbonyl (C=O) groups excluding carboxylic acids is 1. The summed E-state index contributed by atoms with van der Waals surface area (Å²) in [5, 5.41) is 8.96. The van der Waals surface area contributed by atoms with Crippen LogP contribution in [0, 0.1) is 20.8 Å². The molecule has 5 heteroatoms. The van der Waals surface area contributed by atoms with Crippen LogP contribution >= 0.6 is 0 Å². The van der Waals surface area contributed by atoms with Crippen LogP contribution in [0.3, 0.4) is 0 Å². The zero-order valence-corrected chi connectivity index (χ0v) is 18.6. The van der Waals surface area contributed by atoms with Crippen LogP contribution in [0.2, 0.25) is 0 Å². The van der Waals surface area contributed by atoms with Crippen molar-refractivity contribution in [1.82, 2.24) is 20.1 Å². The first-order chi connectivity index (χ1) is 13.6. The van der Waals surface area contributed by atoms with Crippen molar-refractivity contribution in [2.75, 3.05) is 0 Å². The van der Waals surface area contributed by atoms with Gasteiger partial charge in [-0.2, -0.15) is 5.10 Å². The maximum atomic E-state index is 12.5.